The molecule has 0 fully saturated rings. The number of rotatable bonds is 9. The van der Waals surface area contributed by atoms with Gasteiger partial charge in [-0.2, -0.15) is 0 Å². The average Bonchev–Trinajstić information content (AvgIpc) is 3.51. The Kier molecular flexibility index (Phi) is 11.9. The Hall–Kier alpha value is -4.58. The molecular formula is C37H46FN7O3. The van der Waals surface area contributed by atoms with Gasteiger partial charge in [0.2, 0.25) is 17.7 Å². The third-order valence-electron chi connectivity index (χ3n) is 9.16. The fraction of sp³-hybridized carbons (Fsp3) is 0.378. The molecule has 48 heavy (non-hydrogen) atoms. The molecule has 254 valence electrons. The fourth-order valence-electron chi connectivity index (χ4n) is 6.38. The Balaban J connectivity index is 1.56. The number of H-pyrrole nitrogens is 1. The minimum atomic E-state index is -0.903. The van der Waals surface area contributed by atoms with Crippen molar-refractivity contribution >= 4 is 28.6 Å². The number of nitrogens with two attached hydrogens (primary N) is 2. The SMILES string of the molecule is CN1C(=O)[C@H](CCCCN)NC(=O)[C@H](CCCN)NCc2cccc(c2F)-c2ccccc2CNC(=O)[C@@H]1Cc1c[nH]c2ccccc12. The standard InChI is InChI=1S/C37H46FN7O3/c1-45-33(20-26-23-41-30-15-5-4-13-28(26)30)36(47)43-21-24-10-2-3-12-27(24)29-14-8-11-25(34(29)38)22-42-31(17-9-19-40)35(46)44-32(37(45)48)16-6-7-18-39/h2-5,8,10-15,23,31-33,41-42H,6-7,9,16-22,39-40H2,1H3,(H,43,47)(H,44,46)/t31-,32-,33-/m0/s1. The van der Waals surface area contributed by atoms with Crippen molar-refractivity contribution < 1.29 is 18.8 Å². The molecule has 0 radical (unpaired) electrons. The number of halogens is 1. The number of nitrogens with zero attached hydrogens (tertiary/aromatic N) is 1. The van der Waals surface area contributed by atoms with Crippen molar-refractivity contribution in [2.24, 2.45) is 11.5 Å². The molecule has 10 nitrogen and oxygen atoms in total. The number of aromatic amines is 1. The lowest BCUT2D eigenvalue weighted by atomic mass is 9.96. The summed E-state index contributed by atoms with van der Waals surface area (Å²) in [5.41, 5.74) is 15.5. The largest absolute Gasteiger partial charge is 0.361 e. The van der Waals surface area contributed by atoms with Gasteiger partial charge in [0.25, 0.3) is 0 Å². The molecule has 1 aliphatic rings. The molecule has 0 aliphatic carbocycles. The highest BCUT2D eigenvalue weighted by Crippen LogP contribution is 2.29. The van der Waals surface area contributed by atoms with Gasteiger partial charge in [-0.3, -0.25) is 14.4 Å². The summed E-state index contributed by atoms with van der Waals surface area (Å²) in [6, 6.07) is 17.8. The Morgan fingerprint density at radius 3 is 2.31 bits per heavy atom. The molecule has 0 unspecified atom stereocenters. The molecule has 0 saturated heterocycles. The molecule has 1 aliphatic heterocycles. The van der Waals surface area contributed by atoms with E-state index in [1.807, 2.05) is 54.7 Å². The lowest BCUT2D eigenvalue weighted by molar-refractivity contribution is -0.142. The number of amides is 3. The second-order valence-corrected chi connectivity index (χ2v) is 12.4. The van der Waals surface area contributed by atoms with Gasteiger partial charge in [0.1, 0.15) is 17.9 Å². The minimum absolute atomic E-state index is 0.0968. The number of fused-ring (bicyclic) bond motifs is 5. The van der Waals surface area contributed by atoms with Gasteiger partial charge in [-0.15, -0.1) is 0 Å². The van der Waals surface area contributed by atoms with Crippen LogP contribution in [-0.4, -0.2) is 65.9 Å². The lowest BCUT2D eigenvalue weighted by Gasteiger charge is -2.32. The second kappa shape index (κ2) is 16.5. The Morgan fingerprint density at radius 2 is 1.50 bits per heavy atom. The smallest absolute Gasteiger partial charge is 0.245 e. The number of carbonyl (C=O) groups excluding carboxylic acids is 3. The summed E-state index contributed by atoms with van der Waals surface area (Å²) in [7, 11) is 1.61. The van der Waals surface area contributed by atoms with E-state index in [4.69, 9.17) is 11.5 Å². The second-order valence-electron chi connectivity index (χ2n) is 12.4. The molecule has 3 atom stereocenters. The maximum Gasteiger partial charge on any atom is 0.245 e. The maximum atomic E-state index is 16.1. The Labute approximate surface area is 280 Å². The van der Waals surface area contributed by atoms with Crippen LogP contribution >= 0.6 is 0 Å². The van der Waals surface area contributed by atoms with Gasteiger partial charge in [0.15, 0.2) is 0 Å². The average molecular weight is 656 g/mol. The number of benzene rings is 3. The van der Waals surface area contributed by atoms with Crippen molar-refractivity contribution in [2.75, 3.05) is 20.1 Å². The number of para-hydroxylation sites is 1. The molecule has 1 aromatic heterocycles. The molecule has 5 rings (SSSR count). The number of hydrogen-bond donors (Lipinski definition) is 6. The van der Waals surface area contributed by atoms with E-state index in [0.29, 0.717) is 61.9 Å². The summed E-state index contributed by atoms with van der Waals surface area (Å²) < 4.78 is 16.1. The van der Waals surface area contributed by atoms with Crippen molar-refractivity contribution in [2.45, 2.75) is 69.7 Å². The monoisotopic (exact) mass is 655 g/mol. The first-order valence-corrected chi connectivity index (χ1v) is 16.7. The Morgan fingerprint density at radius 1 is 0.792 bits per heavy atom. The van der Waals surface area contributed by atoms with Crippen LogP contribution in [0.1, 0.15) is 48.8 Å². The normalized spacial score (nSPS) is 19.5. The van der Waals surface area contributed by atoms with Gasteiger partial charge >= 0.3 is 0 Å². The molecule has 11 heteroatoms. The zero-order chi connectivity index (χ0) is 34.0. The molecule has 3 aromatic carbocycles. The van der Waals surface area contributed by atoms with Crippen LogP contribution in [0.3, 0.4) is 0 Å². The molecular weight excluding hydrogens is 609 g/mol. The van der Waals surface area contributed by atoms with Crippen molar-refractivity contribution in [1.82, 2.24) is 25.8 Å². The van der Waals surface area contributed by atoms with Crippen LogP contribution in [0.15, 0.2) is 72.9 Å². The molecule has 2 bridgehead atoms. The van der Waals surface area contributed by atoms with Gasteiger partial charge < -0.3 is 37.3 Å². The molecule has 4 aromatic rings. The van der Waals surface area contributed by atoms with E-state index in [9.17, 15) is 14.4 Å². The van der Waals surface area contributed by atoms with Crippen molar-refractivity contribution in [3.05, 3.63) is 95.4 Å². The van der Waals surface area contributed by atoms with E-state index in [-0.39, 0.29) is 37.2 Å². The summed E-state index contributed by atoms with van der Waals surface area (Å²) in [5, 5.41) is 10.2. The van der Waals surface area contributed by atoms with Crippen LogP contribution in [0, 0.1) is 5.82 Å². The third kappa shape index (κ3) is 8.10. The summed E-state index contributed by atoms with van der Waals surface area (Å²) in [5.74, 6) is -1.52. The number of nitrogens with one attached hydrogen (secondary N) is 4. The highest BCUT2D eigenvalue weighted by Gasteiger charge is 2.34. The Bertz CT molecular complexity index is 1720. The number of likely N-dealkylation sites (N-methyl/N-ethyl adjacent to an activating group) is 1. The molecule has 3 amide bonds. The van der Waals surface area contributed by atoms with Crippen molar-refractivity contribution in [3.63, 3.8) is 0 Å². The van der Waals surface area contributed by atoms with E-state index in [2.05, 4.69) is 20.9 Å². The van der Waals surface area contributed by atoms with E-state index in [1.165, 1.54) is 4.90 Å². The molecule has 2 heterocycles. The zero-order valence-electron chi connectivity index (χ0n) is 27.4. The molecule has 8 N–H and O–H groups in total. The van der Waals surface area contributed by atoms with Crippen molar-refractivity contribution in [3.8, 4) is 11.1 Å². The number of hydrogen-bond acceptors (Lipinski definition) is 6. The van der Waals surface area contributed by atoms with E-state index >= 15 is 4.39 Å². The zero-order valence-corrected chi connectivity index (χ0v) is 27.4. The molecule has 0 saturated carbocycles. The third-order valence-corrected chi connectivity index (χ3v) is 9.16. The number of unbranched alkanes of at least 4 members (excludes halogenated alkanes) is 1. The predicted molar refractivity (Wildman–Crippen MR) is 186 cm³/mol. The van der Waals surface area contributed by atoms with E-state index < -0.39 is 23.9 Å². The van der Waals surface area contributed by atoms with Crippen LogP contribution in [0.5, 0.6) is 0 Å². The highest BCUT2D eigenvalue weighted by molar-refractivity contribution is 5.94. The van der Waals surface area contributed by atoms with Crippen LogP contribution in [0.4, 0.5) is 4.39 Å². The summed E-state index contributed by atoms with van der Waals surface area (Å²) in [4.78, 5) is 46.9. The lowest BCUT2D eigenvalue weighted by Crippen LogP contribution is -2.57. The van der Waals surface area contributed by atoms with Crippen LogP contribution < -0.4 is 27.4 Å². The minimum Gasteiger partial charge on any atom is -0.361 e. The molecule has 0 spiro atoms. The first kappa shape index (κ1) is 34.7. The van der Waals surface area contributed by atoms with Crippen LogP contribution in [0.2, 0.25) is 0 Å². The first-order chi connectivity index (χ1) is 23.3. The highest BCUT2D eigenvalue weighted by atomic mass is 19.1. The van der Waals surface area contributed by atoms with E-state index in [0.717, 1.165) is 22.0 Å². The first-order valence-electron chi connectivity index (χ1n) is 16.7. The van der Waals surface area contributed by atoms with Crippen LogP contribution in [0.25, 0.3) is 22.0 Å². The predicted octanol–water partition coefficient (Wildman–Crippen LogP) is 3.48. The van der Waals surface area contributed by atoms with Crippen molar-refractivity contribution in [1.29, 1.82) is 0 Å². The quantitative estimate of drug-likeness (QED) is 0.152. The van der Waals surface area contributed by atoms with Crippen LogP contribution in [-0.2, 0) is 33.9 Å². The maximum absolute atomic E-state index is 16.1. The van der Waals surface area contributed by atoms with Gasteiger partial charge in [0.05, 0.1) is 6.04 Å². The summed E-state index contributed by atoms with van der Waals surface area (Å²) in [6.07, 6.45) is 4.68. The van der Waals surface area contributed by atoms with Gasteiger partial charge in [-0.25, -0.2) is 4.39 Å². The topological polar surface area (TPSA) is 158 Å². The van der Waals surface area contributed by atoms with Gasteiger partial charge in [0, 0.05) is 54.8 Å². The summed E-state index contributed by atoms with van der Waals surface area (Å²) in [6.45, 7) is 1.04. The fourth-order valence-corrected chi connectivity index (χ4v) is 6.38. The van der Waals surface area contributed by atoms with Gasteiger partial charge in [-0.1, -0.05) is 60.7 Å². The number of carbonyl (C=O) groups is 3. The summed E-state index contributed by atoms with van der Waals surface area (Å²) >= 11 is 0. The van der Waals surface area contributed by atoms with Gasteiger partial charge in [-0.05, 0) is 68.0 Å². The van der Waals surface area contributed by atoms with E-state index in [1.54, 1.807) is 25.2 Å². The number of aromatic nitrogens is 1.